The van der Waals surface area contributed by atoms with Gasteiger partial charge in [-0.05, 0) is 44.5 Å². The zero-order valence-corrected chi connectivity index (χ0v) is 10.3. The van der Waals surface area contributed by atoms with Crippen LogP contribution in [-0.2, 0) is 4.79 Å². The van der Waals surface area contributed by atoms with E-state index in [0.29, 0.717) is 11.1 Å². The van der Waals surface area contributed by atoms with Gasteiger partial charge in [0, 0.05) is 17.2 Å². The van der Waals surface area contributed by atoms with Gasteiger partial charge in [0.25, 0.3) is 5.91 Å². The van der Waals surface area contributed by atoms with E-state index in [4.69, 9.17) is 11.5 Å². The topological polar surface area (TPSA) is 57.6 Å². The average Bonchev–Trinajstić information content (AvgIpc) is 2.34. The molecule has 0 atom stereocenters. The highest BCUT2D eigenvalue weighted by molar-refractivity contribution is 5.96. The summed E-state index contributed by atoms with van der Waals surface area (Å²) in [6, 6.07) is 6.13. The SMILES string of the molecule is [C]#Cc1ccc(C(=O)N(CC(=O)O)C(C)C)cc1. The van der Waals surface area contributed by atoms with Crippen LogP contribution < -0.4 is 0 Å². The number of carboxylic acid groups (broad SMARTS) is 1. The fourth-order valence-electron chi connectivity index (χ4n) is 1.50. The molecule has 0 saturated heterocycles. The zero-order chi connectivity index (χ0) is 13.7. The number of carbonyl (C=O) groups excluding carboxylic acids is 1. The number of carboxylic acids is 1. The Kier molecular flexibility index (Phi) is 4.50. The fourth-order valence-corrected chi connectivity index (χ4v) is 1.50. The lowest BCUT2D eigenvalue weighted by molar-refractivity contribution is -0.138. The highest BCUT2D eigenvalue weighted by Gasteiger charge is 2.20. The van der Waals surface area contributed by atoms with E-state index in [1.807, 2.05) is 0 Å². The van der Waals surface area contributed by atoms with Crippen molar-refractivity contribution in [1.29, 1.82) is 0 Å². The van der Waals surface area contributed by atoms with Crippen molar-refractivity contribution in [1.82, 2.24) is 4.90 Å². The molecule has 0 bridgehead atoms. The van der Waals surface area contributed by atoms with E-state index >= 15 is 0 Å². The average molecular weight is 244 g/mol. The maximum absolute atomic E-state index is 12.1. The monoisotopic (exact) mass is 244 g/mol. The number of hydrogen-bond donors (Lipinski definition) is 1. The van der Waals surface area contributed by atoms with Crippen molar-refractivity contribution in [2.75, 3.05) is 6.54 Å². The Balaban J connectivity index is 2.95. The van der Waals surface area contributed by atoms with Crippen molar-refractivity contribution in [2.24, 2.45) is 0 Å². The first-order valence-electron chi connectivity index (χ1n) is 5.51. The van der Waals surface area contributed by atoms with Crippen LogP contribution in [0.1, 0.15) is 29.8 Å². The third kappa shape index (κ3) is 3.36. The molecule has 0 aromatic heterocycles. The van der Waals surface area contributed by atoms with Crippen LogP contribution in [-0.4, -0.2) is 34.5 Å². The first-order chi connectivity index (χ1) is 8.45. The van der Waals surface area contributed by atoms with E-state index in [9.17, 15) is 9.59 Å². The molecule has 1 N–H and O–H groups in total. The van der Waals surface area contributed by atoms with Crippen molar-refractivity contribution >= 4 is 11.9 Å². The number of carbonyl (C=O) groups is 2. The van der Waals surface area contributed by atoms with Gasteiger partial charge in [0.1, 0.15) is 6.54 Å². The van der Waals surface area contributed by atoms with Crippen molar-refractivity contribution in [2.45, 2.75) is 19.9 Å². The van der Waals surface area contributed by atoms with Crippen LogP contribution in [0.15, 0.2) is 24.3 Å². The van der Waals surface area contributed by atoms with E-state index in [-0.39, 0.29) is 18.5 Å². The van der Waals surface area contributed by atoms with E-state index < -0.39 is 5.97 Å². The number of rotatable bonds is 4. The second kappa shape index (κ2) is 5.87. The predicted octanol–water partition coefficient (Wildman–Crippen LogP) is 1.56. The van der Waals surface area contributed by atoms with Gasteiger partial charge in [0.05, 0.1) is 0 Å². The summed E-state index contributed by atoms with van der Waals surface area (Å²) in [7, 11) is 0. The van der Waals surface area contributed by atoms with Crippen LogP contribution in [0.25, 0.3) is 0 Å². The fraction of sp³-hybridized carbons (Fsp3) is 0.286. The molecule has 1 rings (SSSR count). The molecule has 0 unspecified atom stereocenters. The maximum Gasteiger partial charge on any atom is 0.323 e. The highest BCUT2D eigenvalue weighted by atomic mass is 16.4. The van der Waals surface area contributed by atoms with E-state index in [1.54, 1.807) is 38.1 Å². The molecular weight excluding hydrogens is 230 g/mol. The summed E-state index contributed by atoms with van der Waals surface area (Å²) in [6.45, 7) is 3.20. The standard InChI is InChI=1S/C14H14NO3/c1-4-11-5-7-12(8-6-11)14(18)15(10(2)3)9-13(16)17/h5-8,10H,9H2,2-3H3,(H,16,17). The van der Waals surface area contributed by atoms with Gasteiger partial charge in [-0.15, -0.1) is 0 Å². The van der Waals surface area contributed by atoms with Crippen molar-refractivity contribution in [3.05, 3.63) is 41.8 Å². The van der Waals surface area contributed by atoms with Gasteiger partial charge < -0.3 is 10.0 Å². The third-order valence-electron chi connectivity index (χ3n) is 2.47. The van der Waals surface area contributed by atoms with Crippen LogP contribution >= 0.6 is 0 Å². The molecule has 0 aliphatic heterocycles. The van der Waals surface area contributed by atoms with Crippen LogP contribution in [0, 0.1) is 12.3 Å². The maximum atomic E-state index is 12.1. The molecule has 0 spiro atoms. The molecule has 4 heteroatoms. The van der Waals surface area contributed by atoms with E-state index in [1.165, 1.54) is 4.90 Å². The number of amides is 1. The summed E-state index contributed by atoms with van der Waals surface area (Å²) < 4.78 is 0. The molecule has 18 heavy (non-hydrogen) atoms. The minimum absolute atomic E-state index is 0.192. The molecule has 1 radical (unpaired) electrons. The Hall–Kier alpha value is -2.28. The number of nitrogens with zero attached hydrogens (tertiary/aromatic N) is 1. The van der Waals surface area contributed by atoms with Gasteiger partial charge in [-0.1, -0.05) is 5.92 Å². The highest BCUT2D eigenvalue weighted by Crippen LogP contribution is 2.09. The summed E-state index contributed by atoms with van der Waals surface area (Å²) in [6.07, 6.45) is 6.94. The molecule has 1 aromatic carbocycles. The van der Waals surface area contributed by atoms with Gasteiger partial charge in [0.15, 0.2) is 0 Å². The molecule has 1 aromatic rings. The van der Waals surface area contributed by atoms with Crippen LogP contribution in [0.2, 0.25) is 0 Å². The lowest BCUT2D eigenvalue weighted by atomic mass is 10.1. The van der Waals surface area contributed by atoms with Crippen molar-refractivity contribution in [3.8, 4) is 5.92 Å². The van der Waals surface area contributed by atoms with Gasteiger partial charge in [-0.3, -0.25) is 9.59 Å². The van der Waals surface area contributed by atoms with E-state index in [2.05, 4.69) is 5.92 Å². The summed E-state index contributed by atoms with van der Waals surface area (Å²) in [5, 5.41) is 8.78. The van der Waals surface area contributed by atoms with Gasteiger partial charge in [0.2, 0.25) is 0 Å². The van der Waals surface area contributed by atoms with Crippen molar-refractivity contribution in [3.63, 3.8) is 0 Å². The molecule has 0 fully saturated rings. The lowest BCUT2D eigenvalue weighted by Gasteiger charge is -2.24. The molecule has 93 valence electrons. The summed E-state index contributed by atoms with van der Waals surface area (Å²) in [4.78, 5) is 24.1. The third-order valence-corrected chi connectivity index (χ3v) is 2.47. The molecule has 0 aliphatic carbocycles. The second-order valence-corrected chi connectivity index (χ2v) is 4.12. The van der Waals surface area contributed by atoms with Gasteiger partial charge in [-0.25, -0.2) is 0 Å². The number of hydrogen-bond acceptors (Lipinski definition) is 2. The summed E-state index contributed by atoms with van der Waals surface area (Å²) in [5.74, 6) is 0.838. The summed E-state index contributed by atoms with van der Waals surface area (Å²) in [5.41, 5.74) is 0.977. The minimum Gasteiger partial charge on any atom is -0.480 e. The molecule has 0 saturated carbocycles. The molecule has 1 amide bonds. The normalized spacial score (nSPS) is 9.89. The largest absolute Gasteiger partial charge is 0.480 e. The molecule has 0 aliphatic rings. The van der Waals surface area contributed by atoms with Gasteiger partial charge >= 0.3 is 5.97 Å². The second-order valence-electron chi connectivity index (χ2n) is 4.12. The molecular formula is C14H14NO3. The lowest BCUT2D eigenvalue weighted by Crippen LogP contribution is -2.40. The predicted molar refractivity (Wildman–Crippen MR) is 66.5 cm³/mol. The van der Waals surface area contributed by atoms with Crippen LogP contribution in [0.5, 0.6) is 0 Å². The Morgan fingerprint density at radius 2 is 1.89 bits per heavy atom. The Labute approximate surface area is 106 Å². The number of benzene rings is 1. The molecule has 4 nitrogen and oxygen atoms in total. The minimum atomic E-state index is -1.04. The number of aliphatic carboxylic acids is 1. The molecule has 0 heterocycles. The van der Waals surface area contributed by atoms with Crippen LogP contribution in [0.4, 0.5) is 0 Å². The smallest absolute Gasteiger partial charge is 0.323 e. The van der Waals surface area contributed by atoms with Crippen molar-refractivity contribution < 1.29 is 14.7 Å². The first-order valence-corrected chi connectivity index (χ1v) is 5.51. The quantitative estimate of drug-likeness (QED) is 0.818. The summed E-state index contributed by atoms with van der Waals surface area (Å²) >= 11 is 0. The Bertz CT molecular complexity index is 483. The zero-order valence-electron chi connectivity index (χ0n) is 10.3. The Morgan fingerprint density at radius 3 is 2.28 bits per heavy atom. The van der Waals surface area contributed by atoms with Crippen LogP contribution in [0.3, 0.4) is 0 Å². The Morgan fingerprint density at radius 1 is 1.33 bits per heavy atom. The van der Waals surface area contributed by atoms with E-state index in [0.717, 1.165) is 0 Å². The van der Waals surface area contributed by atoms with Gasteiger partial charge in [-0.2, -0.15) is 0 Å². The first kappa shape index (κ1) is 13.8.